The van der Waals surface area contributed by atoms with Crippen molar-refractivity contribution in [3.8, 4) is 9.88 Å². The maximum absolute atomic E-state index is 4.33. The first kappa shape index (κ1) is 14.1. The molecule has 0 aromatic carbocycles. The Bertz CT molecular complexity index is 495. The Kier molecular flexibility index (Phi) is 5.29. The lowest BCUT2D eigenvalue weighted by Crippen LogP contribution is -2.21. The summed E-state index contributed by atoms with van der Waals surface area (Å²) in [6.07, 6.45) is 2.18. The van der Waals surface area contributed by atoms with Crippen LogP contribution in [0.5, 0.6) is 0 Å². The molecular formula is C12H16BrN3S2. The molecule has 3 nitrogen and oxygen atoms in total. The number of nitrogens with zero attached hydrogens (tertiary/aromatic N) is 2. The van der Waals surface area contributed by atoms with E-state index >= 15 is 0 Å². The van der Waals surface area contributed by atoms with E-state index in [0.29, 0.717) is 6.04 Å². The van der Waals surface area contributed by atoms with Gasteiger partial charge in [0.05, 0.1) is 10.9 Å². The van der Waals surface area contributed by atoms with Gasteiger partial charge in [-0.3, -0.25) is 0 Å². The van der Waals surface area contributed by atoms with Crippen molar-refractivity contribution in [1.29, 1.82) is 0 Å². The first-order valence-electron chi connectivity index (χ1n) is 6.06. The molecule has 2 heterocycles. The molecule has 0 bridgehead atoms. The van der Waals surface area contributed by atoms with Crippen molar-refractivity contribution in [2.75, 3.05) is 6.54 Å². The van der Waals surface area contributed by atoms with Crippen LogP contribution >= 0.6 is 38.6 Å². The van der Waals surface area contributed by atoms with Crippen molar-refractivity contribution in [2.45, 2.75) is 32.7 Å². The summed E-state index contributed by atoms with van der Waals surface area (Å²) in [5.41, 5.74) is 0. The normalized spacial score (nSPS) is 12.8. The van der Waals surface area contributed by atoms with Gasteiger partial charge in [-0.2, -0.15) is 0 Å². The Morgan fingerprint density at radius 2 is 2.22 bits per heavy atom. The Balaban J connectivity index is 2.16. The summed E-state index contributed by atoms with van der Waals surface area (Å²) in [7, 11) is 0. The monoisotopic (exact) mass is 345 g/mol. The minimum atomic E-state index is 0.329. The largest absolute Gasteiger partial charge is 0.308 e. The van der Waals surface area contributed by atoms with E-state index in [1.807, 2.05) is 6.07 Å². The van der Waals surface area contributed by atoms with E-state index in [2.05, 4.69) is 50.7 Å². The van der Waals surface area contributed by atoms with E-state index in [1.54, 1.807) is 22.7 Å². The molecule has 0 saturated heterocycles. The molecule has 2 aromatic rings. The summed E-state index contributed by atoms with van der Waals surface area (Å²) < 4.78 is 1.10. The molecule has 2 aromatic heterocycles. The van der Waals surface area contributed by atoms with Crippen LogP contribution in [0.25, 0.3) is 9.88 Å². The van der Waals surface area contributed by atoms with Gasteiger partial charge in [0.15, 0.2) is 5.01 Å². The molecule has 0 aliphatic heterocycles. The molecule has 0 fully saturated rings. The first-order chi connectivity index (χ1) is 8.76. The van der Waals surface area contributed by atoms with Crippen molar-refractivity contribution in [3.05, 3.63) is 20.9 Å². The number of halogens is 1. The molecule has 0 spiro atoms. The highest BCUT2D eigenvalue weighted by molar-refractivity contribution is 9.10. The summed E-state index contributed by atoms with van der Waals surface area (Å²) in [4.78, 5) is 1.17. The van der Waals surface area contributed by atoms with E-state index < -0.39 is 0 Å². The minimum Gasteiger partial charge on any atom is -0.308 e. The van der Waals surface area contributed by atoms with E-state index in [1.165, 1.54) is 4.88 Å². The zero-order valence-electron chi connectivity index (χ0n) is 10.4. The molecular weight excluding hydrogens is 330 g/mol. The zero-order chi connectivity index (χ0) is 13.0. The molecule has 18 heavy (non-hydrogen) atoms. The van der Waals surface area contributed by atoms with Gasteiger partial charge in [-0.15, -0.1) is 21.5 Å². The van der Waals surface area contributed by atoms with Crippen LogP contribution in [0.1, 0.15) is 37.7 Å². The van der Waals surface area contributed by atoms with Crippen LogP contribution in [0.3, 0.4) is 0 Å². The summed E-state index contributed by atoms with van der Waals surface area (Å²) in [6.45, 7) is 5.37. The second-order valence-corrected chi connectivity index (χ2v) is 6.74. The fraction of sp³-hybridized carbons (Fsp3) is 0.500. The lowest BCUT2D eigenvalue weighted by Gasteiger charge is -2.12. The number of rotatable bonds is 6. The first-order valence-corrected chi connectivity index (χ1v) is 8.55. The lowest BCUT2D eigenvalue weighted by molar-refractivity contribution is 0.513. The summed E-state index contributed by atoms with van der Waals surface area (Å²) >= 11 is 6.92. The molecule has 0 radical (unpaired) electrons. The van der Waals surface area contributed by atoms with Crippen LogP contribution in [0.2, 0.25) is 0 Å². The van der Waals surface area contributed by atoms with Crippen molar-refractivity contribution in [3.63, 3.8) is 0 Å². The second-order valence-electron chi connectivity index (χ2n) is 3.96. The predicted octanol–water partition coefficient (Wildman–Crippen LogP) is 4.48. The highest BCUT2D eigenvalue weighted by Crippen LogP contribution is 2.36. The number of hydrogen-bond donors (Lipinski definition) is 1. The van der Waals surface area contributed by atoms with Gasteiger partial charge in [-0.1, -0.05) is 25.2 Å². The van der Waals surface area contributed by atoms with Gasteiger partial charge in [0, 0.05) is 4.47 Å². The summed E-state index contributed by atoms with van der Waals surface area (Å²) in [5.74, 6) is 0. The predicted molar refractivity (Wildman–Crippen MR) is 82.2 cm³/mol. The van der Waals surface area contributed by atoms with Gasteiger partial charge >= 0.3 is 0 Å². The maximum atomic E-state index is 4.33. The highest BCUT2D eigenvalue weighted by Gasteiger charge is 2.16. The Morgan fingerprint density at radius 1 is 1.39 bits per heavy atom. The molecule has 1 N–H and O–H groups in total. The van der Waals surface area contributed by atoms with Crippen molar-refractivity contribution in [2.24, 2.45) is 0 Å². The van der Waals surface area contributed by atoms with Crippen molar-refractivity contribution >= 4 is 38.6 Å². The second kappa shape index (κ2) is 6.75. The van der Waals surface area contributed by atoms with E-state index in [0.717, 1.165) is 33.9 Å². The zero-order valence-corrected chi connectivity index (χ0v) is 13.7. The van der Waals surface area contributed by atoms with E-state index in [9.17, 15) is 0 Å². The molecule has 0 saturated carbocycles. The molecule has 6 heteroatoms. The molecule has 0 amide bonds. The van der Waals surface area contributed by atoms with Crippen LogP contribution in [-0.2, 0) is 0 Å². The Hall–Kier alpha value is -0.300. The van der Waals surface area contributed by atoms with Crippen LogP contribution in [-0.4, -0.2) is 16.7 Å². The third-order valence-corrected chi connectivity index (χ3v) is 5.63. The number of thiophene rings is 1. The Morgan fingerprint density at radius 3 is 2.83 bits per heavy atom. The van der Waals surface area contributed by atoms with Gasteiger partial charge < -0.3 is 5.32 Å². The average Bonchev–Trinajstić information content (AvgIpc) is 2.99. The van der Waals surface area contributed by atoms with Gasteiger partial charge in [0.2, 0.25) is 0 Å². The minimum absolute atomic E-state index is 0.329. The third-order valence-electron chi connectivity index (χ3n) is 2.60. The summed E-state index contributed by atoms with van der Waals surface area (Å²) in [5, 5.41) is 16.3. The number of hydrogen-bond acceptors (Lipinski definition) is 5. The van der Waals surface area contributed by atoms with Gasteiger partial charge in [-0.05, 0) is 46.8 Å². The van der Waals surface area contributed by atoms with E-state index in [4.69, 9.17) is 0 Å². The van der Waals surface area contributed by atoms with Crippen LogP contribution in [0.15, 0.2) is 15.9 Å². The molecule has 1 unspecified atom stereocenters. The lowest BCUT2D eigenvalue weighted by atomic mass is 10.2. The molecule has 2 rings (SSSR count). The molecule has 98 valence electrons. The fourth-order valence-corrected chi connectivity index (χ4v) is 4.43. The van der Waals surface area contributed by atoms with E-state index in [-0.39, 0.29) is 0 Å². The quantitative estimate of drug-likeness (QED) is 0.838. The SMILES string of the molecule is CCCNC(CC)c1nnc(-c2sccc2Br)s1. The highest BCUT2D eigenvalue weighted by atomic mass is 79.9. The van der Waals surface area contributed by atoms with Gasteiger partial charge in [0.25, 0.3) is 0 Å². The molecule has 1 atom stereocenters. The van der Waals surface area contributed by atoms with Crippen molar-refractivity contribution < 1.29 is 0 Å². The van der Waals surface area contributed by atoms with Gasteiger partial charge in [0.1, 0.15) is 5.01 Å². The maximum Gasteiger partial charge on any atom is 0.159 e. The van der Waals surface area contributed by atoms with Crippen molar-refractivity contribution in [1.82, 2.24) is 15.5 Å². The standard InChI is InChI=1S/C12H16BrN3S2/c1-3-6-14-9(4-2)11-15-16-12(18-11)10-8(13)5-7-17-10/h5,7,9,14H,3-4,6H2,1-2H3. The number of nitrogens with one attached hydrogen (secondary N) is 1. The third kappa shape index (κ3) is 3.17. The Labute approximate surface area is 124 Å². The fourth-order valence-electron chi connectivity index (χ4n) is 1.64. The average molecular weight is 346 g/mol. The molecule has 0 aliphatic rings. The van der Waals surface area contributed by atoms with Crippen LogP contribution < -0.4 is 5.32 Å². The van der Waals surface area contributed by atoms with Gasteiger partial charge in [-0.25, -0.2) is 0 Å². The smallest absolute Gasteiger partial charge is 0.159 e. The topological polar surface area (TPSA) is 37.8 Å². The molecule has 0 aliphatic carbocycles. The summed E-state index contributed by atoms with van der Waals surface area (Å²) in [6, 6.07) is 2.38. The van der Waals surface area contributed by atoms with Crippen LogP contribution in [0.4, 0.5) is 0 Å². The van der Waals surface area contributed by atoms with Crippen LogP contribution in [0, 0.1) is 0 Å². The number of aromatic nitrogens is 2.